The molecule has 132 valence electrons. The lowest BCUT2D eigenvalue weighted by atomic mass is 10.2. The Hall–Kier alpha value is -2.83. The number of nitrogens with one attached hydrogen (secondary N) is 1. The minimum Gasteiger partial charge on any atom is -0.350 e. The van der Waals surface area contributed by atoms with Gasteiger partial charge in [-0.25, -0.2) is 13.2 Å². The van der Waals surface area contributed by atoms with Crippen LogP contribution in [0.15, 0.2) is 42.5 Å². The Morgan fingerprint density at radius 3 is 2.36 bits per heavy atom. The molecule has 0 aromatic heterocycles. The van der Waals surface area contributed by atoms with E-state index in [1.807, 2.05) is 0 Å². The third-order valence-corrected chi connectivity index (χ3v) is 3.61. The van der Waals surface area contributed by atoms with Crippen molar-refractivity contribution in [2.75, 3.05) is 13.1 Å². The van der Waals surface area contributed by atoms with Gasteiger partial charge < -0.3 is 10.2 Å². The smallest absolute Gasteiger partial charge is 0.251 e. The van der Waals surface area contributed by atoms with Gasteiger partial charge in [-0.05, 0) is 24.3 Å². The van der Waals surface area contributed by atoms with Crippen LogP contribution < -0.4 is 5.32 Å². The third-order valence-electron chi connectivity index (χ3n) is 3.61. The minimum absolute atomic E-state index is 0.0256. The molecule has 0 spiro atoms. The van der Waals surface area contributed by atoms with Crippen LogP contribution in [0.25, 0.3) is 0 Å². The molecule has 0 unspecified atom stereocenters. The highest BCUT2D eigenvalue weighted by Crippen LogP contribution is 2.10. The van der Waals surface area contributed by atoms with Crippen molar-refractivity contribution in [1.82, 2.24) is 10.2 Å². The van der Waals surface area contributed by atoms with E-state index >= 15 is 0 Å². The molecule has 0 radical (unpaired) electrons. The van der Waals surface area contributed by atoms with Crippen LogP contribution in [0.4, 0.5) is 13.2 Å². The molecule has 0 atom stereocenters. The van der Waals surface area contributed by atoms with Crippen molar-refractivity contribution in [3.05, 3.63) is 71.0 Å². The molecule has 2 amide bonds. The number of benzene rings is 2. The molecule has 0 fully saturated rings. The van der Waals surface area contributed by atoms with Crippen molar-refractivity contribution in [3.63, 3.8) is 0 Å². The summed E-state index contributed by atoms with van der Waals surface area (Å²) >= 11 is 0. The van der Waals surface area contributed by atoms with E-state index in [1.54, 1.807) is 18.2 Å². The molecule has 0 aliphatic heterocycles. The zero-order valence-electron chi connectivity index (χ0n) is 13.6. The number of nitrogens with zero attached hydrogens (tertiary/aromatic N) is 1. The van der Waals surface area contributed by atoms with Crippen molar-refractivity contribution in [2.45, 2.75) is 13.5 Å². The standard InChI is InChI=1S/C18H17F3N2O2/c1-12(24)23(11-14-4-2-3-5-15(14)19)9-8-22-18(25)13-6-7-16(20)17(21)10-13/h2-7,10H,8-9,11H2,1H3,(H,22,25). The number of carbonyl (C=O) groups is 2. The van der Waals surface area contributed by atoms with E-state index in [2.05, 4.69) is 5.32 Å². The third kappa shape index (κ3) is 5.07. The van der Waals surface area contributed by atoms with E-state index < -0.39 is 23.4 Å². The molecule has 4 nitrogen and oxygen atoms in total. The molecular formula is C18H17F3N2O2. The highest BCUT2D eigenvalue weighted by molar-refractivity contribution is 5.94. The zero-order chi connectivity index (χ0) is 18.4. The van der Waals surface area contributed by atoms with Gasteiger partial charge in [0.15, 0.2) is 11.6 Å². The Morgan fingerprint density at radius 1 is 1.00 bits per heavy atom. The Bertz CT molecular complexity index is 781. The van der Waals surface area contributed by atoms with Gasteiger partial charge in [0.2, 0.25) is 5.91 Å². The maximum Gasteiger partial charge on any atom is 0.251 e. The highest BCUT2D eigenvalue weighted by atomic mass is 19.2. The van der Waals surface area contributed by atoms with Gasteiger partial charge in [0, 0.05) is 37.7 Å². The summed E-state index contributed by atoms with van der Waals surface area (Å²) in [6.45, 7) is 1.66. The highest BCUT2D eigenvalue weighted by Gasteiger charge is 2.13. The van der Waals surface area contributed by atoms with E-state index in [1.165, 1.54) is 17.9 Å². The average molecular weight is 350 g/mol. The first-order chi connectivity index (χ1) is 11.9. The lowest BCUT2D eigenvalue weighted by Gasteiger charge is -2.21. The number of amides is 2. The monoisotopic (exact) mass is 350 g/mol. The molecule has 2 aromatic rings. The Labute approximate surface area is 143 Å². The Kier molecular flexibility index (Phi) is 6.16. The SMILES string of the molecule is CC(=O)N(CCNC(=O)c1ccc(F)c(F)c1)Cc1ccccc1F. The second-order valence-electron chi connectivity index (χ2n) is 5.42. The molecule has 25 heavy (non-hydrogen) atoms. The number of carbonyl (C=O) groups excluding carboxylic acids is 2. The summed E-state index contributed by atoms with van der Waals surface area (Å²) in [4.78, 5) is 25.0. The number of hydrogen-bond donors (Lipinski definition) is 1. The second kappa shape index (κ2) is 8.32. The van der Waals surface area contributed by atoms with Crippen LogP contribution in [-0.2, 0) is 11.3 Å². The summed E-state index contributed by atoms with van der Waals surface area (Å²) < 4.78 is 39.7. The lowest BCUT2D eigenvalue weighted by molar-refractivity contribution is -0.129. The Balaban J connectivity index is 1.93. The van der Waals surface area contributed by atoms with Crippen LogP contribution in [0.1, 0.15) is 22.8 Å². The quantitative estimate of drug-likeness (QED) is 0.871. The minimum atomic E-state index is -1.11. The van der Waals surface area contributed by atoms with Crippen LogP contribution in [0.5, 0.6) is 0 Å². The van der Waals surface area contributed by atoms with E-state index in [0.717, 1.165) is 18.2 Å². The number of hydrogen-bond acceptors (Lipinski definition) is 2. The average Bonchev–Trinajstić information content (AvgIpc) is 2.57. The van der Waals surface area contributed by atoms with Gasteiger partial charge in [-0.3, -0.25) is 9.59 Å². The second-order valence-corrected chi connectivity index (χ2v) is 5.42. The fourth-order valence-electron chi connectivity index (χ4n) is 2.22. The van der Waals surface area contributed by atoms with Gasteiger partial charge in [0.1, 0.15) is 5.82 Å². The van der Waals surface area contributed by atoms with Gasteiger partial charge in [-0.1, -0.05) is 18.2 Å². The lowest BCUT2D eigenvalue weighted by Crippen LogP contribution is -2.37. The summed E-state index contributed by atoms with van der Waals surface area (Å²) in [6.07, 6.45) is 0. The maximum absolute atomic E-state index is 13.7. The Morgan fingerprint density at radius 2 is 1.72 bits per heavy atom. The number of rotatable bonds is 6. The van der Waals surface area contributed by atoms with Crippen LogP contribution in [0.3, 0.4) is 0 Å². The van der Waals surface area contributed by atoms with E-state index in [0.29, 0.717) is 5.56 Å². The first kappa shape index (κ1) is 18.5. The molecule has 0 saturated heterocycles. The predicted molar refractivity (Wildman–Crippen MR) is 86.2 cm³/mol. The molecule has 2 aromatic carbocycles. The fraction of sp³-hybridized carbons (Fsp3) is 0.222. The molecule has 0 bridgehead atoms. The molecule has 0 saturated carbocycles. The van der Waals surface area contributed by atoms with Crippen molar-refractivity contribution in [3.8, 4) is 0 Å². The first-order valence-corrected chi connectivity index (χ1v) is 7.60. The van der Waals surface area contributed by atoms with Crippen molar-refractivity contribution in [1.29, 1.82) is 0 Å². The molecule has 0 aliphatic carbocycles. The van der Waals surface area contributed by atoms with E-state index in [4.69, 9.17) is 0 Å². The van der Waals surface area contributed by atoms with Crippen LogP contribution in [-0.4, -0.2) is 29.8 Å². The summed E-state index contributed by atoms with van der Waals surface area (Å²) in [5.41, 5.74) is 0.340. The van der Waals surface area contributed by atoms with Gasteiger partial charge in [0.25, 0.3) is 5.91 Å². The van der Waals surface area contributed by atoms with Crippen molar-refractivity contribution < 1.29 is 22.8 Å². The zero-order valence-corrected chi connectivity index (χ0v) is 13.6. The molecule has 1 N–H and O–H groups in total. The van der Waals surface area contributed by atoms with Gasteiger partial charge in [-0.15, -0.1) is 0 Å². The summed E-state index contributed by atoms with van der Waals surface area (Å²) in [5, 5.41) is 2.52. The fourth-order valence-corrected chi connectivity index (χ4v) is 2.22. The normalized spacial score (nSPS) is 10.4. The molecule has 2 rings (SSSR count). The van der Waals surface area contributed by atoms with E-state index in [-0.39, 0.29) is 31.1 Å². The molecule has 0 aliphatic rings. The van der Waals surface area contributed by atoms with Crippen LogP contribution >= 0.6 is 0 Å². The largest absolute Gasteiger partial charge is 0.350 e. The van der Waals surface area contributed by atoms with Crippen LogP contribution in [0, 0.1) is 17.5 Å². The van der Waals surface area contributed by atoms with Gasteiger partial charge >= 0.3 is 0 Å². The molecule has 7 heteroatoms. The molecular weight excluding hydrogens is 333 g/mol. The summed E-state index contributed by atoms with van der Waals surface area (Å²) in [6, 6.07) is 8.93. The topological polar surface area (TPSA) is 49.4 Å². The summed E-state index contributed by atoms with van der Waals surface area (Å²) in [5.74, 6) is -3.43. The van der Waals surface area contributed by atoms with Gasteiger partial charge in [-0.2, -0.15) is 0 Å². The first-order valence-electron chi connectivity index (χ1n) is 7.60. The van der Waals surface area contributed by atoms with Gasteiger partial charge in [0.05, 0.1) is 0 Å². The summed E-state index contributed by atoms with van der Waals surface area (Å²) in [7, 11) is 0. The number of halogens is 3. The predicted octanol–water partition coefficient (Wildman–Crippen LogP) is 2.88. The molecule has 0 heterocycles. The maximum atomic E-state index is 13.7. The van der Waals surface area contributed by atoms with E-state index in [9.17, 15) is 22.8 Å². The van der Waals surface area contributed by atoms with Crippen molar-refractivity contribution in [2.24, 2.45) is 0 Å². The van der Waals surface area contributed by atoms with Crippen molar-refractivity contribution >= 4 is 11.8 Å². The van der Waals surface area contributed by atoms with Crippen LogP contribution in [0.2, 0.25) is 0 Å².